The first kappa shape index (κ1) is 37.2. The minimum absolute atomic E-state index is 0.0156. The van der Waals surface area contributed by atoms with Crippen molar-refractivity contribution >= 4 is 48.4 Å². The summed E-state index contributed by atoms with van der Waals surface area (Å²) in [6.45, 7) is 7.72. The van der Waals surface area contributed by atoms with E-state index in [9.17, 15) is 28.8 Å². The van der Waals surface area contributed by atoms with E-state index in [-0.39, 0.29) is 43.6 Å². The molecule has 0 aromatic heterocycles. The molecule has 4 amide bonds. The highest BCUT2D eigenvalue weighted by atomic mass is 32.1. The lowest BCUT2D eigenvalue weighted by Gasteiger charge is -2.25. The largest absolute Gasteiger partial charge is 0.481 e. The number of amides is 4. The van der Waals surface area contributed by atoms with E-state index in [0.29, 0.717) is 12.0 Å². The van der Waals surface area contributed by atoms with E-state index in [0.717, 1.165) is 5.56 Å². The fourth-order valence-corrected chi connectivity index (χ4v) is 4.04. The maximum absolute atomic E-state index is 13.2. The Kier molecular flexibility index (Phi) is 16.8. The van der Waals surface area contributed by atoms with E-state index >= 15 is 0 Å². The van der Waals surface area contributed by atoms with Gasteiger partial charge in [0.05, 0.1) is 19.3 Å². The Morgan fingerprint density at radius 2 is 1.44 bits per heavy atom. The number of esters is 1. The Bertz CT molecular complexity index is 1100. The van der Waals surface area contributed by atoms with E-state index in [2.05, 4.69) is 38.6 Å². The third-order valence-corrected chi connectivity index (χ3v) is 6.41. The summed E-state index contributed by atoms with van der Waals surface area (Å²) in [7, 11) is 1.30. The van der Waals surface area contributed by atoms with Crippen LogP contribution in [0.3, 0.4) is 0 Å². The van der Waals surface area contributed by atoms with Crippen molar-refractivity contribution in [3.8, 4) is 0 Å². The number of carboxylic acids is 1. The van der Waals surface area contributed by atoms with E-state index in [1.54, 1.807) is 24.3 Å². The van der Waals surface area contributed by atoms with Gasteiger partial charge in [-0.15, -0.1) is 0 Å². The van der Waals surface area contributed by atoms with Gasteiger partial charge in [0, 0.05) is 18.7 Å². The van der Waals surface area contributed by atoms with Crippen molar-refractivity contribution < 1.29 is 43.3 Å². The molecule has 1 rings (SSSR count). The fourth-order valence-electron chi connectivity index (χ4n) is 3.78. The number of ether oxygens (including phenoxy) is 2. The van der Waals surface area contributed by atoms with Crippen LogP contribution in [0.1, 0.15) is 62.9 Å². The van der Waals surface area contributed by atoms with Gasteiger partial charge in [-0.25, -0.2) is 9.59 Å². The first-order valence-electron chi connectivity index (χ1n) is 14.1. The number of aliphatic carboxylic acids is 1. The van der Waals surface area contributed by atoms with Gasteiger partial charge in [-0.05, 0) is 48.8 Å². The first-order chi connectivity index (χ1) is 20.3. The van der Waals surface area contributed by atoms with Gasteiger partial charge in [0.1, 0.15) is 18.1 Å². The van der Waals surface area contributed by atoms with E-state index in [1.807, 2.05) is 27.7 Å². The van der Waals surface area contributed by atoms with E-state index in [4.69, 9.17) is 9.84 Å². The number of alkyl carbamates (subject to hydrolysis) is 1. The van der Waals surface area contributed by atoms with Crippen molar-refractivity contribution in [3.63, 3.8) is 0 Å². The van der Waals surface area contributed by atoms with Crippen LogP contribution in [0.4, 0.5) is 4.79 Å². The molecule has 43 heavy (non-hydrogen) atoms. The number of methoxy groups -OCH3 is 1. The molecule has 0 bridgehead atoms. The molecule has 0 spiro atoms. The average Bonchev–Trinajstić information content (AvgIpc) is 2.95. The zero-order valence-corrected chi connectivity index (χ0v) is 26.2. The quantitative estimate of drug-likeness (QED) is 0.104. The van der Waals surface area contributed by atoms with E-state index in [1.165, 1.54) is 7.11 Å². The highest BCUT2D eigenvalue weighted by Gasteiger charge is 2.30. The fraction of sp³-hybridized carbons (Fsp3) is 0.586. The van der Waals surface area contributed by atoms with Gasteiger partial charge in [0.2, 0.25) is 17.7 Å². The topological polar surface area (TPSA) is 189 Å². The van der Waals surface area contributed by atoms with Crippen molar-refractivity contribution in [2.75, 3.05) is 26.0 Å². The van der Waals surface area contributed by atoms with Crippen LogP contribution < -0.4 is 21.3 Å². The minimum atomic E-state index is -1.26. The molecule has 240 valence electrons. The van der Waals surface area contributed by atoms with Gasteiger partial charge in [0.15, 0.2) is 0 Å². The molecule has 0 saturated carbocycles. The van der Waals surface area contributed by atoms with Gasteiger partial charge in [0.25, 0.3) is 0 Å². The summed E-state index contributed by atoms with van der Waals surface area (Å²) in [5, 5.41) is 19.4. The molecule has 1 aromatic rings. The van der Waals surface area contributed by atoms with Crippen molar-refractivity contribution in [1.29, 1.82) is 0 Å². The summed E-state index contributed by atoms with van der Waals surface area (Å²) in [5.74, 6) is -3.47. The standard InChI is InChI=1S/C29H44N4O9S/c1-17(2)14-22(31-26(37)21(10-11-24(34)35)33-29(40)42-15-18(3)4)27(38)32-23(16-43)25(36)30-13-12-19-6-8-20(9-7-19)28(39)41-5/h6-9,17-18,21-23,43H,10-16H2,1-5H3,(H,30,36)(H,31,37)(H,32,38)(H,33,40)(H,34,35)/t21?,22-,23?/m0/s1. The number of benzene rings is 1. The summed E-state index contributed by atoms with van der Waals surface area (Å²) in [6.07, 6.45) is -0.822. The first-order valence-corrected chi connectivity index (χ1v) is 14.7. The number of rotatable bonds is 18. The predicted molar refractivity (Wildman–Crippen MR) is 162 cm³/mol. The molecule has 0 saturated heterocycles. The molecule has 2 unspecified atom stereocenters. The minimum Gasteiger partial charge on any atom is -0.481 e. The Balaban J connectivity index is 2.84. The number of carboxylic acid groups (broad SMARTS) is 1. The van der Waals surface area contributed by atoms with Crippen molar-refractivity contribution in [1.82, 2.24) is 21.3 Å². The predicted octanol–water partition coefficient (Wildman–Crippen LogP) is 1.69. The van der Waals surface area contributed by atoms with Gasteiger partial charge in [-0.1, -0.05) is 39.8 Å². The van der Waals surface area contributed by atoms with Crippen molar-refractivity contribution in [2.45, 2.75) is 71.5 Å². The Hall–Kier alpha value is -3.81. The Morgan fingerprint density at radius 3 is 1.98 bits per heavy atom. The molecule has 0 heterocycles. The Labute approximate surface area is 257 Å². The molecular formula is C29H44N4O9S. The van der Waals surface area contributed by atoms with Crippen molar-refractivity contribution in [3.05, 3.63) is 35.4 Å². The van der Waals surface area contributed by atoms with Crippen LogP contribution in [0.5, 0.6) is 0 Å². The lowest BCUT2D eigenvalue weighted by molar-refractivity contribution is -0.137. The highest BCUT2D eigenvalue weighted by molar-refractivity contribution is 7.80. The summed E-state index contributed by atoms with van der Waals surface area (Å²) >= 11 is 4.20. The third-order valence-electron chi connectivity index (χ3n) is 6.05. The van der Waals surface area contributed by atoms with Gasteiger partial charge >= 0.3 is 18.0 Å². The van der Waals surface area contributed by atoms with Crippen LogP contribution >= 0.6 is 12.6 Å². The maximum atomic E-state index is 13.2. The summed E-state index contributed by atoms with van der Waals surface area (Å²) in [6, 6.07) is 3.41. The maximum Gasteiger partial charge on any atom is 0.407 e. The lowest BCUT2D eigenvalue weighted by atomic mass is 10.0. The molecule has 3 atom stereocenters. The number of carbonyl (C=O) groups is 6. The summed E-state index contributed by atoms with van der Waals surface area (Å²) in [5.41, 5.74) is 1.28. The molecule has 0 radical (unpaired) electrons. The molecule has 14 heteroatoms. The van der Waals surface area contributed by atoms with Gasteiger partial charge < -0.3 is 35.8 Å². The van der Waals surface area contributed by atoms with Crippen molar-refractivity contribution in [2.24, 2.45) is 11.8 Å². The molecule has 5 N–H and O–H groups in total. The normalized spacial score (nSPS) is 12.9. The number of nitrogens with one attached hydrogen (secondary N) is 4. The van der Waals surface area contributed by atoms with E-state index < -0.39 is 60.3 Å². The highest BCUT2D eigenvalue weighted by Crippen LogP contribution is 2.09. The second-order valence-electron chi connectivity index (χ2n) is 10.8. The number of hydrogen-bond donors (Lipinski definition) is 6. The molecule has 0 aliphatic rings. The van der Waals surface area contributed by atoms with Crippen LogP contribution in [-0.2, 0) is 35.1 Å². The monoisotopic (exact) mass is 624 g/mol. The second kappa shape index (κ2) is 19.4. The number of thiol groups is 1. The molecule has 0 aliphatic heterocycles. The van der Waals surface area contributed by atoms with Gasteiger partial charge in [-0.3, -0.25) is 19.2 Å². The number of carbonyl (C=O) groups excluding carboxylic acids is 5. The molecule has 1 aromatic carbocycles. The molecule has 13 nitrogen and oxygen atoms in total. The third kappa shape index (κ3) is 14.8. The second-order valence-corrected chi connectivity index (χ2v) is 11.2. The van der Waals surface area contributed by atoms with Crippen LogP contribution in [0.2, 0.25) is 0 Å². The van der Waals surface area contributed by atoms with Crippen LogP contribution in [0, 0.1) is 11.8 Å². The zero-order chi connectivity index (χ0) is 32.5. The average molecular weight is 625 g/mol. The summed E-state index contributed by atoms with van der Waals surface area (Å²) < 4.78 is 9.73. The zero-order valence-electron chi connectivity index (χ0n) is 25.3. The van der Waals surface area contributed by atoms with Gasteiger partial charge in [-0.2, -0.15) is 12.6 Å². The summed E-state index contributed by atoms with van der Waals surface area (Å²) in [4.78, 5) is 74.0. The molecule has 0 aliphatic carbocycles. The van der Waals surface area contributed by atoms with Crippen LogP contribution in [0.15, 0.2) is 24.3 Å². The smallest absolute Gasteiger partial charge is 0.407 e. The van der Waals surface area contributed by atoms with Crippen LogP contribution in [-0.4, -0.2) is 85.0 Å². The SMILES string of the molecule is COC(=O)c1ccc(CCNC(=O)C(CS)NC(=O)[C@H](CC(C)C)NC(=O)C(CCC(=O)O)NC(=O)OCC(C)C)cc1. The Morgan fingerprint density at radius 1 is 0.837 bits per heavy atom. The molecule has 0 fully saturated rings. The molecular weight excluding hydrogens is 580 g/mol. The lowest BCUT2D eigenvalue weighted by Crippen LogP contribution is -2.57. The van der Waals surface area contributed by atoms with Crippen LogP contribution in [0.25, 0.3) is 0 Å². The number of hydrogen-bond acceptors (Lipinski definition) is 9.